The summed E-state index contributed by atoms with van der Waals surface area (Å²) in [6.07, 6.45) is -4.00. The van der Waals surface area contributed by atoms with Crippen LogP contribution in [0.15, 0.2) is 29.3 Å². The number of nitro benzene ring substituents is 1. The lowest BCUT2D eigenvalue weighted by molar-refractivity contribution is -0.384. The molecule has 0 aliphatic rings. The van der Waals surface area contributed by atoms with Crippen molar-refractivity contribution < 1.29 is 22.5 Å². The van der Waals surface area contributed by atoms with Gasteiger partial charge in [0.05, 0.1) is 10.5 Å². The number of aliphatic imine (C=N–C) groups is 1. The highest BCUT2D eigenvalue weighted by molar-refractivity contribution is 6.70. The van der Waals surface area contributed by atoms with E-state index in [0.717, 1.165) is 30.5 Å². The van der Waals surface area contributed by atoms with Crippen molar-refractivity contribution in [3.63, 3.8) is 0 Å². The van der Waals surface area contributed by atoms with Crippen molar-refractivity contribution in [3.8, 4) is 0 Å². The number of nitrogens with zero attached hydrogens (tertiary/aromatic N) is 2. The van der Waals surface area contributed by atoms with Crippen LogP contribution in [0, 0.1) is 10.1 Å². The minimum atomic E-state index is -4.78. The maximum absolute atomic E-state index is 14.1. The SMILES string of the molecule is CC(C)(C)N=CC(O[Si](C)(C)C)(c1ccc([N+](=O)[O-])cc1)C(F)(F)F. The summed E-state index contributed by atoms with van der Waals surface area (Å²) < 4.78 is 47.9. The van der Waals surface area contributed by atoms with Gasteiger partial charge in [-0.2, -0.15) is 13.2 Å². The van der Waals surface area contributed by atoms with Gasteiger partial charge in [0.2, 0.25) is 5.60 Å². The Kier molecular flexibility index (Phi) is 5.85. The van der Waals surface area contributed by atoms with Crippen LogP contribution in [0.4, 0.5) is 18.9 Å². The number of alkyl halides is 3. The van der Waals surface area contributed by atoms with Gasteiger partial charge < -0.3 is 4.43 Å². The predicted octanol–water partition coefficient (Wildman–Crippen LogP) is 5.07. The van der Waals surface area contributed by atoms with E-state index in [0.29, 0.717) is 0 Å². The zero-order chi connectivity index (χ0) is 19.7. The molecule has 0 aliphatic carbocycles. The molecule has 0 spiro atoms. The van der Waals surface area contributed by atoms with Gasteiger partial charge in [0, 0.05) is 18.3 Å². The minimum absolute atomic E-state index is 0.235. The molecule has 0 radical (unpaired) electrons. The van der Waals surface area contributed by atoms with Gasteiger partial charge in [-0.1, -0.05) is 0 Å². The smallest absolute Gasteiger partial charge is 0.396 e. The molecule has 5 nitrogen and oxygen atoms in total. The number of halogens is 3. The Balaban J connectivity index is 3.63. The molecule has 1 rings (SSSR count). The molecule has 0 aromatic heterocycles. The lowest BCUT2D eigenvalue weighted by Gasteiger charge is -2.38. The minimum Gasteiger partial charge on any atom is -0.396 e. The highest BCUT2D eigenvalue weighted by atomic mass is 28.4. The fourth-order valence-corrected chi connectivity index (χ4v) is 3.31. The summed E-state index contributed by atoms with van der Waals surface area (Å²) in [6.45, 7) is 9.95. The molecule has 1 atom stereocenters. The molecule has 0 saturated heterocycles. The van der Waals surface area contributed by atoms with Crippen LogP contribution in [0.1, 0.15) is 26.3 Å². The zero-order valence-corrected chi connectivity index (χ0v) is 16.1. The largest absolute Gasteiger partial charge is 0.425 e. The van der Waals surface area contributed by atoms with Crippen molar-refractivity contribution in [2.75, 3.05) is 0 Å². The van der Waals surface area contributed by atoms with Gasteiger partial charge in [0.1, 0.15) is 0 Å². The van der Waals surface area contributed by atoms with E-state index in [9.17, 15) is 23.3 Å². The normalized spacial score (nSPS) is 16.0. The van der Waals surface area contributed by atoms with Gasteiger partial charge in [-0.25, -0.2) is 0 Å². The van der Waals surface area contributed by atoms with Crippen LogP contribution >= 0.6 is 0 Å². The fraction of sp³-hybridized carbons (Fsp3) is 0.562. The van der Waals surface area contributed by atoms with E-state index in [4.69, 9.17) is 4.43 Å². The summed E-state index contributed by atoms with van der Waals surface area (Å²) in [5.74, 6) is 0. The van der Waals surface area contributed by atoms with Crippen LogP contribution in [0.2, 0.25) is 19.6 Å². The number of hydrogen-bond donors (Lipinski definition) is 0. The summed E-state index contributed by atoms with van der Waals surface area (Å²) in [5, 5.41) is 10.8. The molecule has 140 valence electrons. The molecule has 0 amide bonds. The number of rotatable bonds is 5. The third-order valence-electron chi connectivity index (χ3n) is 3.03. The Hall–Kier alpha value is -1.74. The fourth-order valence-electron chi connectivity index (χ4n) is 2.05. The molecule has 25 heavy (non-hydrogen) atoms. The highest BCUT2D eigenvalue weighted by Gasteiger charge is 2.58. The van der Waals surface area contributed by atoms with Gasteiger partial charge in [-0.05, 0) is 58.1 Å². The molecule has 1 aromatic carbocycles. The topological polar surface area (TPSA) is 64.7 Å². The average Bonchev–Trinajstić information content (AvgIpc) is 2.40. The summed E-state index contributed by atoms with van der Waals surface area (Å²) in [7, 11) is -2.66. The molecule has 0 heterocycles. The first-order valence-electron chi connectivity index (χ1n) is 7.66. The first kappa shape index (κ1) is 21.3. The predicted molar refractivity (Wildman–Crippen MR) is 93.5 cm³/mol. The number of benzene rings is 1. The average molecular weight is 376 g/mol. The first-order valence-corrected chi connectivity index (χ1v) is 11.1. The molecule has 0 saturated carbocycles. The summed E-state index contributed by atoms with van der Waals surface area (Å²) in [4.78, 5) is 14.1. The van der Waals surface area contributed by atoms with E-state index < -0.39 is 30.6 Å². The van der Waals surface area contributed by atoms with Crippen LogP contribution in [0.3, 0.4) is 0 Å². The molecular weight excluding hydrogens is 353 g/mol. The molecule has 1 aromatic rings. The van der Waals surface area contributed by atoms with Crippen molar-refractivity contribution in [1.29, 1.82) is 0 Å². The molecule has 0 fully saturated rings. The molecule has 0 aliphatic heterocycles. The monoisotopic (exact) mass is 376 g/mol. The van der Waals surface area contributed by atoms with Crippen LogP contribution in [0.25, 0.3) is 0 Å². The Morgan fingerprint density at radius 2 is 1.60 bits per heavy atom. The second-order valence-corrected chi connectivity index (χ2v) is 12.1. The maximum atomic E-state index is 14.1. The van der Waals surface area contributed by atoms with E-state index >= 15 is 0 Å². The second kappa shape index (κ2) is 6.87. The van der Waals surface area contributed by atoms with E-state index in [1.54, 1.807) is 40.4 Å². The third kappa shape index (κ3) is 5.64. The van der Waals surface area contributed by atoms with Crippen molar-refractivity contribution in [2.24, 2.45) is 4.99 Å². The molecule has 9 heteroatoms. The Morgan fingerprint density at radius 1 is 1.12 bits per heavy atom. The van der Waals surface area contributed by atoms with E-state index in [-0.39, 0.29) is 11.3 Å². The van der Waals surface area contributed by atoms with Crippen LogP contribution in [0.5, 0.6) is 0 Å². The second-order valence-electron chi connectivity index (χ2n) is 7.68. The number of nitro groups is 1. The standard InChI is InChI=1S/C16H23F3N2O3Si/c1-14(2,3)20-11-15(16(17,18)19,24-25(4,5)6)12-7-9-13(10-8-12)21(22)23/h7-11H,1-6H3. The van der Waals surface area contributed by atoms with Crippen LogP contribution in [-0.4, -0.2) is 31.2 Å². The Labute approximate surface area is 146 Å². The number of non-ortho nitro benzene ring substituents is 1. The van der Waals surface area contributed by atoms with Crippen molar-refractivity contribution >= 4 is 20.2 Å². The number of hydrogen-bond acceptors (Lipinski definition) is 4. The van der Waals surface area contributed by atoms with Crippen LogP contribution in [-0.2, 0) is 10.0 Å². The zero-order valence-electron chi connectivity index (χ0n) is 15.1. The lowest BCUT2D eigenvalue weighted by Crippen LogP contribution is -2.52. The van der Waals surface area contributed by atoms with Crippen molar-refractivity contribution in [3.05, 3.63) is 39.9 Å². The van der Waals surface area contributed by atoms with Gasteiger partial charge in [-0.15, -0.1) is 0 Å². The molecular formula is C16H23F3N2O3Si. The quantitative estimate of drug-likeness (QED) is 0.312. The van der Waals surface area contributed by atoms with Crippen LogP contribution < -0.4 is 0 Å². The van der Waals surface area contributed by atoms with E-state index in [1.165, 1.54) is 0 Å². The van der Waals surface area contributed by atoms with Gasteiger partial charge in [-0.3, -0.25) is 15.1 Å². The molecule has 1 unspecified atom stereocenters. The summed E-state index contributed by atoms with van der Waals surface area (Å²) in [5.41, 5.74) is -4.01. The third-order valence-corrected chi connectivity index (χ3v) is 3.96. The lowest BCUT2D eigenvalue weighted by atomic mass is 9.93. The van der Waals surface area contributed by atoms with Crippen molar-refractivity contribution in [2.45, 2.75) is 57.7 Å². The van der Waals surface area contributed by atoms with Gasteiger partial charge in [0.15, 0.2) is 8.32 Å². The van der Waals surface area contributed by atoms with Gasteiger partial charge in [0.25, 0.3) is 5.69 Å². The first-order chi connectivity index (χ1) is 11.1. The van der Waals surface area contributed by atoms with Gasteiger partial charge >= 0.3 is 6.18 Å². The highest BCUT2D eigenvalue weighted by Crippen LogP contribution is 2.43. The maximum Gasteiger partial charge on any atom is 0.425 e. The Bertz CT molecular complexity index is 647. The Morgan fingerprint density at radius 3 is 1.92 bits per heavy atom. The molecule has 0 bridgehead atoms. The van der Waals surface area contributed by atoms with Crippen molar-refractivity contribution in [1.82, 2.24) is 0 Å². The summed E-state index contributed by atoms with van der Waals surface area (Å²) >= 11 is 0. The summed E-state index contributed by atoms with van der Waals surface area (Å²) in [6, 6.07) is 4.21. The van der Waals surface area contributed by atoms with E-state index in [1.807, 2.05) is 0 Å². The molecule has 0 N–H and O–H groups in total. The van der Waals surface area contributed by atoms with E-state index in [2.05, 4.69) is 4.99 Å².